The first kappa shape index (κ1) is 25.5. The standard InChI is InChI=1S/C26H26BrNO5S/c1-5-33-26-23(27)16-20(17-24(26)32-4)10-15-25(29)28(21-11-6-18(2)7-12-21)34(30,31)22-13-8-19(3)9-14-22/h6-17H,5H2,1-4H3/b15-10+. The minimum absolute atomic E-state index is 0.0332. The van der Waals surface area contributed by atoms with Gasteiger partial charge in [-0.05, 0) is 84.7 Å². The van der Waals surface area contributed by atoms with Gasteiger partial charge >= 0.3 is 0 Å². The topological polar surface area (TPSA) is 72.9 Å². The van der Waals surface area contributed by atoms with Gasteiger partial charge in [-0.3, -0.25) is 4.79 Å². The third kappa shape index (κ3) is 5.69. The predicted molar refractivity (Wildman–Crippen MR) is 138 cm³/mol. The van der Waals surface area contributed by atoms with Crippen LogP contribution in [-0.2, 0) is 14.8 Å². The fourth-order valence-electron chi connectivity index (χ4n) is 3.24. The first-order chi connectivity index (χ1) is 16.2. The summed E-state index contributed by atoms with van der Waals surface area (Å²) in [6, 6.07) is 16.6. The summed E-state index contributed by atoms with van der Waals surface area (Å²) in [5.41, 5.74) is 2.76. The van der Waals surface area contributed by atoms with Crippen molar-refractivity contribution in [1.82, 2.24) is 0 Å². The predicted octanol–water partition coefficient (Wildman–Crippen LogP) is 5.91. The van der Waals surface area contributed by atoms with Crippen molar-refractivity contribution in [2.75, 3.05) is 18.0 Å². The summed E-state index contributed by atoms with van der Waals surface area (Å²) in [5, 5.41) is 0. The number of amides is 1. The number of aryl methyl sites for hydroxylation is 2. The third-order valence-electron chi connectivity index (χ3n) is 4.99. The van der Waals surface area contributed by atoms with Crippen LogP contribution in [-0.4, -0.2) is 28.0 Å². The van der Waals surface area contributed by atoms with E-state index in [1.165, 1.54) is 31.4 Å². The molecule has 8 heteroatoms. The molecule has 3 aromatic rings. The highest BCUT2D eigenvalue weighted by atomic mass is 79.9. The molecule has 0 radical (unpaired) electrons. The maximum absolute atomic E-state index is 13.5. The molecule has 0 spiro atoms. The number of sulfonamides is 1. The van der Waals surface area contributed by atoms with Gasteiger partial charge in [0.1, 0.15) is 0 Å². The van der Waals surface area contributed by atoms with Crippen LogP contribution in [0.15, 0.2) is 76.1 Å². The first-order valence-electron chi connectivity index (χ1n) is 10.6. The van der Waals surface area contributed by atoms with Crippen molar-refractivity contribution < 1.29 is 22.7 Å². The lowest BCUT2D eigenvalue weighted by molar-refractivity contribution is -0.113. The molecule has 178 valence electrons. The number of hydrogen-bond acceptors (Lipinski definition) is 5. The Kier molecular flexibility index (Phi) is 8.17. The molecular weight excluding hydrogens is 518 g/mol. The highest BCUT2D eigenvalue weighted by molar-refractivity contribution is 9.10. The molecule has 0 heterocycles. The average molecular weight is 544 g/mol. The van der Waals surface area contributed by atoms with E-state index in [4.69, 9.17) is 9.47 Å². The van der Waals surface area contributed by atoms with Gasteiger partial charge in [-0.15, -0.1) is 0 Å². The van der Waals surface area contributed by atoms with Crippen LogP contribution in [0.2, 0.25) is 0 Å². The lowest BCUT2D eigenvalue weighted by Crippen LogP contribution is -2.35. The highest BCUT2D eigenvalue weighted by Gasteiger charge is 2.29. The number of benzene rings is 3. The largest absolute Gasteiger partial charge is 0.493 e. The molecule has 0 unspecified atom stereocenters. The normalized spacial score (nSPS) is 11.4. The second kappa shape index (κ2) is 10.9. The van der Waals surface area contributed by atoms with E-state index in [2.05, 4.69) is 15.9 Å². The molecule has 0 N–H and O–H groups in total. The number of nitrogens with zero attached hydrogens (tertiary/aromatic N) is 1. The monoisotopic (exact) mass is 543 g/mol. The van der Waals surface area contributed by atoms with Crippen LogP contribution in [0.25, 0.3) is 6.08 Å². The number of carbonyl (C=O) groups excluding carboxylic acids is 1. The van der Waals surface area contributed by atoms with Crippen LogP contribution in [0.4, 0.5) is 5.69 Å². The van der Waals surface area contributed by atoms with E-state index in [1.54, 1.807) is 48.5 Å². The number of rotatable bonds is 8. The SMILES string of the molecule is CCOc1c(Br)cc(/C=C/C(=O)N(c2ccc(C)cc2)S(=O)(=O)c2ccc(C)cc2)cc1OC. The van der Waals surface area contributed by atoms with Gasteiger partial charge in [0.25, 0.3) is 15.9 Å². The van der Waals surface area contributed by atoms with Crippen molar-refractivity contribution in [2.24, 2.45) is 0 Å². The van der Waals surface area contributed by atoms with Crippen molar-refractivity contribution in [3.63, 3.8) is 0 Å². The summed E-state index contributed by atoms with van der Waals surface area (Å²) in [6.07, 6.45) is 2.77. The minimum Gasteiger partial charge on any atom is -0.493 e. The first-order valence-corrected chi connectivity index (χ1v) is 12.8. The van der Waals surface area contributed by atoms with Gasteiger partial charge in [0.05, 0.1) is 28.8 Å². The van der Waals surface area contributed by atoms with Crippen LogP contribution < -0.4 is 13.8 Å². The van der Waals surface area contributed by atoms with Crippen molar-refractivity contribution in [2.45, 2.75) is 25.7 Å². The van der Waals surface area contributed by atoms with Gasteiger partial charge in [0.2, 0.25) is 0 Å². The lowest BCUT2D eigenvalue weighted by Gasteiger charge is -2.21. The maximum Gasteiger partial charge on any atom is 0.271 e. The Hall–Kier alpha value is -3.10. The molecule has 0 saturated carbocycles. The summed E-state index contributed by atoms with van der Waals surface area (Å²) in [4.78, 5) is 13.3. The Morgan fingerprint density at radius 3 is 2.15 bits per heavy atom. The molecule has 0 aliphatic rings. The number of anilines is 1. The van der Waals surface area contributed by atoms with Gasteiger partial charge in [-0.2, -0.15) is 4.31 Å². The molecule has 0 saturated heterocycles. The summed E-state index contributed by atoms with van der Waals surface area (Å²) in [6.45, 7) is 6.09. The molecule has 6 nitrogen and oxygen atoms in total. The molecule has 0 aliphatic carbocycles. The van der Waals surface area contributed by atoms with Gasteiger partial charge in [-0.25, -0.2) is 8.42 Å². The van der Waals surface area contributed by atoms with Crippen molar-refractivity contribution in [1.29, 1.82) is 0 Å². The Morgan fingerprint density at radius 2 is 1.59 bits per heavy atom. The Bertz CT molecular complexity index is 1300. The minimum atomic E-state index is -4.14. The smallest absolute Gasteiger partial charge is 0.271 e. The quantitative estimate of drug-likeness (QED) is 0.330. The fraction of sp³-hybridized carbons (Fsp3) is 0.192. The van der Waals surface area contributed by atoms with Crippen molar-refractivity contribution in [3.8, 4) is 11.5 Å². The second-order valence-corrected chi connectivity index (χ2v) is 10.2. The molecule has 34 heavy (non-hydrogen) atoms. The van der Waals surface area contributed by atoms with E-state index < -0.39 is 15.9 Å². The molecule has 0 fully saturated rings. The van der Waals surface area contributed by atoms with Crippen LogP contribution in [0.5, 0.6) is 11.5 Å². The van der Waals surface area contributed by atoms with Crippen LogP contribution in [0.3, 0.4) is 0 Å². The lowest BCUT2D eigenvalue weighted by atomic mass is 10.2. The van der Waals surface area contributed by atoms with Gasteiger partial charge < -0.3 is 9.47 Å². The maximum atomic E-state index is 13.5. The van der Waals surface area contributed by atoms with Crippen molar-refractivity contribution >= 4 is 43.6 Å². The summed E-state index contributed by atoms with van der Waals surface area (Å²) in [7, 11) is -2.62. The van der Waals surface area contributed by atoms with Crippen LogP contribution >= 0.6 is 15.9 Å². The zero-order valence-electron chi connectivity index (χ0n) is 19.4. The number of halogens is 1. The van der Waals surface area contributed by atoms with Gasteiger partial charge in [-0.1, -0.05) is 35.4 Å². The second-order valence-electron chi connectivity index (χ2n) is 7.56. The summed E-state index contributed by atoms with van der Waals surface area (Å²) in [5.74, 6) is 0.344. The van der Waals surface area contributed by atoms with Crippen molar-refractivity contribution in [3.05, 3.63) is 87.9 Å². The fourth-order valence-corrected chi connectivity index (χ4v) is 5.20. The zero-order valence-corrected chi connectivity index (χ0v) is 21.8. The van der Waals surface area contributed by atoms with Crippen LogP contribution in [0, 0.1) is 13.8 Å². The molecule has 1 amide bonds. The summed E-state index contributed by atoms with van der Waals surface area (Å²) >= 11 is 3.46. The molecule has 3 aromatic carbocycles. The average Bonchev–Trinajstić information content (AvgIpc) is 2.80. The number of carbonyl (C=O) groups is 1. The van der Waals surface area contributed by atoms with E-state index in [1.807, 2.05) is 20.8 Å². The molecule has 3 rings (SSSR count). The van der Waals surface area contributed by atoms with E-state index >= 15 is 0 Å². The number of methoxy groups -OCH3 is 1. The molecule has 0 atom stereocenters. The molecular formula is C26H26BrNO5S. The van der Waals surface area contributed by atoms with Gasteiger partial charge in [0, 0.05) is 6.08 Å². The van der Waals surface area contributed by atoms with E-state index in [-0.39, 0.29) is 10.6 Å². The number of ether oxygens (including phenoxy) is 2. The molecule has 0 bridgehead atoms. The van der Waals surface area contributed by atoms with Gasteiger partial charge in [0.15, 0.2) is 11.5 Å². The molecule has 0 aliphatic heterocycles. The van der Waals surface area contributed by atoms with E-state index in [0.29, 0.717) is 28.1 Å². The third-order valence-corrected chi connectivity index (χ3v) is 7.32. The number of hydrogen-bond donors (Lipinski definition) is 0. The Balaban J connectivity index is 2.03. The Labute approximate surface area is 209 Å². The van der Waals surface area contributed by atoms with E-state index in [9.17, 15) is 13.2 Å². The van der Waals surface area contributed by atoms with Crippen LogP contribution in [0.1, 0.15) is 23.6 Å². The zero-order chi connectivity index (χ0) is 24.9. The Morgan fingerprint density at radius 1 is 1.00 bits per heavy atom. The van der Waals surface area contributed by atoms with E-state index in [0.717, 1.165) is 15.4 Å². The summed E-state index contributed by atoms with van der Waals surface area (Å²) < 4.78 is 39.4. The highest BCUT2D eigenvalue weighted by Crippen LogP contribution is 2.37. The molecule has 0 aromatic heterocycles.